The highest BCUT2D eigenvalue weighted by atomic mass is 16.5. The standard InChI is InChI=1S/C6H7NO/c7-5-6-3-1-2-4-8-6/h1-5H,7H2/b6-5+. The van der Waals surface area contributed by atoms with Crippen LogP contribution in [0.2, 0.25) is 0 Å². The Kier molecular flexibility index (Phi) is 1.37. The lowest BCUT2D eigenvalue weighted by atomic mass is 10.4. The van der Waals surface area contributed by atoms with Crippen LogP contribution in [-0.2, 0) is 4.74 Å². The molecular formula is C6H7NO. The number of ether oxygens (including phenoxy) is 1. The third-order valence-electron chi connectivity index (χ3n) is 0.819. The van der Waals surface area contributed by atoms with Gasteiger partial charge in [-0.25, -0.2) is 0 Å². The maximum absolute atomic E-state index is 5.13. The van der Waals surface area contributed by atoms with E-state index in [1.165, 1.54) is 6.20 Å². The zero-order valence-corrected chi connectivity index (χ0v) is 4.37. The van der Waals surface area contributed by atoms with Gasteiger partial charge in [0.1, 0.15) is 5.76 Å². The molecule has 0 aromatic heterocycles. The van der Waals surface area contributed by atoms with Crippen molar-refractivity contribution in [1.82, 2.24) is 0 Å². The van der Waals surface area contributed by atoms with Gasteiger partial charge in [-0.3, -0.25) is 0 Å². The molecule has 2 heteroatoms. The fourth-order valence-corrected chi connectivity index (χ4v) is 0.448. The van der Waals surface area contributed by atoms with Gasteiger partial charge in [-0.2, -0.15) is 0 Å². The fraction of sp³-hybridized carbons (Fsp3) is 0. The van der Waals surface area contributed by atoms with Crippen LogP contribution >= 0.6 is 0 Å². The van der Waals surface area contributed by atoms with E-state index in [9.17, 15) is 0 Å². The number of rotatable bonds is 0. The summed E-state index contributed by atoms with van der Waals surface area (Å²) in [5.74, 6) is 0.688. The maximum atomic E-state index is 5.13. The van der Waals surface area contributed by atoms with Crippen LogP contribution in [0, 0.1) is 0 Å². The van der Waals surface area contributed by atoms with Gasteiger partial charge in [0, 0.05) is 6.20 Å². The van der Waals surface area contributed by atoms with Crippen molar-refractivity contribution in [2.75, 3.05) is 0 Å². The number of hydrogen-bond acceptors (Lipinski definition) is 2. The maximum Gasteiger partial charge on any atom is 0.141 e. The zero-order valence-electron chi connectivity index (χ0n) is 4.37. The Balaban J connectivity index is 2.66. The summed E-state index contributed by atoms with van der Waals surface area (Å²) in [4.78, 5) is 0. The van der Waals surface area contributed by atoms with Gasteiger partial charge in [-0.15, -0.1) is 0 Å². The Hall–Kier alpha value is -1.18. The molecule has 2 nitrogen and oxygen atoms in total. The van der Waals surface area contributed by atoms with Crippen molar-refractivity contribution >= 4 is 0 Å². The Morgan fingerprint density at radius 3 is 2.75 bits per heavy atom. The van der Waals surface area contributed by atoms with Gasteiger partial charge in [-0.05, 0) is 12.2 Å². The normalized spacial score (nSPS) is 21.2. The molecule has 1 rings (SSSR count). The summed E-state index contributed by atoms with van der Waals surface area (Å²) in [6.45, 7) is 0. The smallest absolute Gasteiger partial charge is 0.141 e. The first-order valence-electron chi connectivity index (χ1n) is 2.35. The molecule has 0 amide bonds. The molecular weight excluding hydrogens is 102 g/mol. The van der Waals surface area contributed by atoms with Crippen LogP contribution in [0.5, 0.6) is 0 Å². The first-order chi connectivity index (χ1) is 3.93. The van der Waals surface area contributed by atoms with E-state index in [0.29, 0.717) is 5.76 Å². The summed E-state index contributed by atoms with van der Waals surface area (Å²) in [6, 6.07) is 0. The summed E-state index contributed by atoms with van der Waals surface area (Å²) < 4.78 is 4.90. The summed E-state index contributed by atoms with van der Waals surface area (Å²) in [6.07, 6.45) is 8.45. The predicted octanol–water partition coefficient (Wildman–Crippen LogP) is 0.887. The van der Waals surface area contributed by atoms with Gasteiger partial charge in [0.05, 0.1) is 6.26 Å². The summed E-state index contributed by atoms with van der Waals surface area (Å²) in [5.41, 5.74) is 5.13. The van der Waals surface area contributed by atoms with Gasteiger partial charge in [0.25, 0.3) is 0 Å². The minimum Gasteiger partial charge on any atom is -0.463 e. The molecule has 1 heterocycles. The summed E-state index contributed by atoms with van der Waals surface area (Å²) >= 11 is 0. The van der Waals surface area contributed by atoms with Gasteiger partial charge >= 0.3 is 0 Å². The lowest BCUT2D eigenvalue weighted by Gasteiger charge is -2.00. The monoisotopic (exact) mass is 109 g/mol. The van der Waals surface area contributed by atoms with E-state index in [2.05, 4.69) is 0 Å². The Bertz CT molecular complexity index is 156. The first kappa shape index (κ1) is 4.97. The summed E-state index contributed by atoms with van der Waals surface area (Å²) in [7, 11) is 0. The highest BCUT2D eigenvalue weighted by Gasteiger charge is 1.88. The van der Waals surface area contributed by atoms with Crippen molar-refractivity contribution in [1.29, 1.82) is 0 Å². The average molecular weight is 109 g/mol. The van der Waals surface area contributed by atoms with E-state index in [1.807, 2.05) is 6.08 Å². The second-order valence-corrected chi connectivity index (χ2v) is 1.37. The van der Waals surface area contributed by atoms with E-state index in [1.54, 1.807) is 18.4 Å². The van der Waals surface area contributed by atoms with Crippen LogP contribution in [-0.4, -0.2) is 0 Å². The SMILES string of the molecule is N/C=C1\C=CC=CO1. The van der Waals surface area contributed by atoms with E-state index in [4.69, 9.17) is 10.5 Å². The minimum atomic E-state index is 0.688. The Morgan fingerprint density at radius 2 is 2.38 bits per heavy atom. The minimum absolute atomic E-state index is 0.688. The fourth-order valence-electron chi connectivity index (χ4n) is 0.448. The quantitative estimate of drug-likeness (QED) is 0.501. The second kappa shape index (κ2) is 2.21. The molecule has 42 valence electrons. The third-order valence-corrected chi connectivity index (χ3v) is 0.819. The van der Waals surface area contributed by atoms with Crippen molar-refractivity contribution in [2.45, 2.75) is 0 Å². The molecule has 0 aromatic carbocycles. The largest absolute Gasteiger partial charge is 0.463 e. The topological polar surface area (TPSA) is 35.2 Å². The van der Waals surface area contributed by atoms with Crippen molar-refractivity contribution in [3.63, 3.8) is 0 Å². The van der Waals surface area contributed by atoms with E-state index in [0.717, 1.165) is 0 Å². The highest BCUT2D eigenvalue weighted by molar-refractivity contribution is 5.20. The summed E-state index contributed by atoms with van der Waals surface area (Å²) in [5, 5.41) is 0. The lowest BCUT2D eigenvalue weighted by molar-refractivity contribution is 0.363. The highest BCUT2D eigenvalue weighted by Crippen LogP contribution is 2.02. The van der Waals surface area contributed by atoms with Crippen molar-refractivity contribution in [2.24, 2.45) is 5.73 Å². The van der Waals surface area contributed by atoms with E-state index in [-0.39, 0.29) is 0 Å². The van der Waals surface area contributed by atoms with Crippen LogP contribution in [0.15, 0.2) is 36.4 Å². The van der Waals surface area contributed by atoms with Crippen LogP contribution in [0.3, 0.4) is 0 Å². The Labute approximate surface area is 47.9 Å². The zero-order chi connectivity index (χ0) is 5.82. The molecule has 1 aliphatic heterocycles. The van der Waals surface area contributed by atoms with Crippen LogP contribution in [0.25, 0.3) is 0 Å². The second-order valence-electron chi connectivity index (χ2n) is 1.37. The number of hydrogen-bond donors (Lipinski definition) is 1. The van der Waals surface area contributed by atoms with E-state index >= 15 is 0 Å². The van der Waals surface area contributed by atoms with Gasteiger partial charge < -0.3 is 10.5 Å². The number of nitrogens with two attached hydrogens (primary N) is 1. The molecule has 0 aliphatic carbocycles. The molecule has 0 aromatic rings. The van der Waals surface area contributed by atoms with Crippen molar-refractivity contribution in [3.8, 4) is 0 Å². The average Bonchev–Trinajstić information content (AvgIpc) is 1.90. The van der Waals surface area contributed by atoms with E-state index < -0.39 is 0 Å². The molecule has 0 saturated heterocycles. The molecule has 0 bridgehead atoms. The molecule has 0 atom stereocenters. The Morgan fingerprint density at radius 1 is 1.50 bits per heavy atom. The van der Waals surface area contributed by atoms with Crippen LogP contribution in [0.1, 0.15) is 0 Å². The van der Waals surface area contributed by atoms with Crippen LogP contribution < -0.4 is 5.73 Å². The van der Waals surface area contributed by atoms with Crippen LogP contribution in [0.4, 0.5) is 0 Å². The molecule has 0 radical (unpaired) electrons. The van der Waals surface area contributed by atoms with Crippen molar-refractivity contribution < 1.29 is 4.74 Å². The van der Waals surface area contributed by atoms with Gasteiger partial charge in [0.15, 0.2) is 0 Å². The van der Waals surface area contributed by atoms with Gasteiger partial charge in [-0.1, -0.05) is 6.08 Å². The molecule has 1 aliphatic rings. The van der Waals surface area contributed by atoms with Gasteiger partial charge in [0.2, 0.25) is 0 Å². The molecule has 8 heavy (non-hydrogen) atoms. The molecule has 0 saturated carbocycles. The number of allylic oxidation sites excluding steroid dienone is 3. The lowest BCUT2D eigenvalue weighted by Crippen LogP contribution is -1.89. The molecule has 0 fully saturated rings. The predicted molar refractivity (Wildman–Crippen MR) is 31.6 cm³/mol. The first-order valence-corrected chi connectivity index (χ1v) is 2.35. The molecule has 2 N–H and O–H groups in total. The van der Waals surface area contributed by atoms with Crippen molar-refractivity contribution in [3.05, 3.63) is 36.4 Å². The molecule has 0 unspecified atom stereocenters. The third kappa shape index (κ3) is 0.904. The molecule has 0 spiro atoms.